The average molecular weight is 375 g/mol. The van der Waals surface area contributed by atoms with Gasteiger partial charge in [0.25, 0.3) is 5.91 Å². The number of carbonyl (C=O) groups excluding carboxylic acids is 1. The molecule has 0 unspecified atom stereocenters. The van der Waals surface area contributed by atoms with E-state index in [1.807, 2.05) is 6.07 Å². The number of rotatable bonds is 4. The first-order chi connectivity index (χ1) is 13.6. The summed E-state index contributed by atoms with van der Waals surface area (Å²) >= 11 is 0. The van der Waals surface area contributed by atoms with Crippen molar-refractivity contribution in [2.75, 3.05) is 5.32 Å². The Bertz CT molecular complexity index is 1210. The lowest BCUT2D eigenvalue weighted by Crippen LogP contribution is -2.15. The number of amides is 1. The lowest BCUT2D eigenvalue weighted by Gasteiger charge is -2.09. The molecule has 0 radical (unpaired) electrons. The molecule has 0 saturated carbocycles. The lowest BCUT2D eigenvalue weighted by molar-refractivity contribution is 0.102. The van der Waals surface area contributed by atoms with Crippen LogP contribution in [0.3, 0.4) is 0 Å². The van der Waals surface area contributed by atoms with Gasteiger partial charge in [-0.3, -0.25) is 9.78 Å². The first kappa shape index (κ1) is 17.0. The summed E-state index contributed by atoms with van der Waals surface area (Å²) in [5.74, 6) is -0.244. The Morgan fingerprint density at radius 3 is 2.86 bits per heavy atom. The highest BCUT2D eigenvalue weighted by Gasteiger charge is 2.16. The maximum absolute atomic E-state index is 13.0. The second-order valence-corrected chi connectivity index (χ2v) is 5.56. The molecule has 0 aromatic carbocycles. The van der Waals surface area contributed by atoms with E-state index in [1.165, 1.54) is 53.7 Å². The zero-order valence-corrected chi connectivity index (χ0v) is 14.1. The molecule has 0 aliphatic heterocycles. The van der Waals surface area contributed by atoms with Crippen molar-refractivity contribution < 1.29 is 13.9 Å². The van der Waals surface area contributed by atoms with Crippen molar-refractivity contribution in [2.45, 2.75) is 0 Å². The SMILES string of the molecule is N#Cc1cncc(Oc2cc(C(=O)Nc3ccc(F)cn3)c3ncnn3c2)c1. The molecule has 10 heteroatoms. The minimum absolute atomic E-state index is 0.172. The van der Waals surface area contributed by atoms with E-state index >= 15 is 0 Å². The summed E-state index contributed by atoms with van der Waals surface area (Å²) in [6.45, 7) is 0. The van der Waals surface area contributed by atoms with Gasteiger partial charge < -0.3 is 10.1 Å². The van der Waals surface area contributed by atoms with Crippen LogP contribution >= 0.6 is 0 Å². The number of nitrogens with one attached hydrogen (secondary N) is 1. The molecule has 0 aliphatic rings. The molecule has 4 heterocycles. The van der Waals surface area contributed by atoms with E-state index in [9.17, 15) is 9.18 Å². The fourth-order valence-corrected chi connectivity index (χ4v) is 2.43. The fourth-order valence-electron chi connectivity index (χ4n) is 2.43. The van der Waals surface area contributed by atoms with Crippen LogP contribution in [-0.2, 0) is 0 Å². The number of fused-ring (bicyclic) bond motifs is 1. The van der Waals surface area contributed by atoms with Crippen LogP contribution in [0.1, 0.15) is 15.9 Å². The van der Waals surface area contributed by atoms with E-state index in [0.717, 1.165) is 6.20 Å². The third-order valence-corrected chi connectivity index (χ3v) is 3.64. The van der Waals surface area contributed by atoms with E-state index in [2.05, 4.69) is 25.4 Å². The van der Waals surface area contributed by atoms with Crippen LogP contribution in [0, 0.1) is 17.1 Å². The largest absolute Gasteiger partial charge is 0.454 e. The van der Waals surface area contributed by atoms with Crippen molar-refractivity contribution in [3.05, 3.63) is 72.3 Å². The van der Waals surface area contributed by atoms with Crippen LogP contribution in [0.4, 0.5) is 10.2 Å². The van der Waals surface area contributed by atoms with Crippen molar-refractivity contribution >= 4 is 17.4 Å². The number of nitrogens with zero attached hydrogens (tertiary/aromatic N) is 6. The smallest absolute Gasteiger partial charge is 0.260 e. The molecule has 9 nitrogen and oxygen atoms in total. The van der Waals surface area contributed by atoms with E-state index in [-0.39, 0.29) is 17.1 Å². The Kier molecular flexibility index (Phi) is 4.31. The third-order valence-electron chi connectivity index (χ3n) is 3.64. The van der Waals surface area contributed by atoms with Crippen molar-refractivity contribution in [1.82, 2.24) is 24.6 Å². The van der Waals surface area contributed by atoms with Gasteiger partial charge in [-0.15, -0.1) is 0 Å². The molecule has 136 valence electrons. The summed E-state index contributed by atoms with van der Waals surface area (Å²) in [7, 11) is 0. The first-order valence-corrected chi connectivity index (χ1v) is 7.92. The molecule has 1 amide bonds. The summed E-state index contributed by atoms with van der Waals surface area (Å²) in [6.07, 6.45) is 6.67. The van der Waals surface area contributed by atoms with Crippen molar-refractivity contribution in [3.63, 3.8) is 0 Å². The molecule has 28 heavy (non-hydrogen) atoms. The van der Waals surface area contributed by atoms with Crippen LogP contribution in [0.25, 0.3) is 5.65 Å². The van der Waals surface area contributed by atoms with Crippen molar-refractivity contribution in [2.24, 2.45) is 0 Å². The first-order valence-electron chi connectivity index (χ1n) is 7.92. The number of halogens is 1. The van der Waals surface area contributed by atoms with Gasteiger partial charge in [0.05, 0.1) is 29.7 Å². The number of carbonyl (C=O) groups is 1. The van der Waals surface area contributed by atoms with Crippen molar-refractivity contribution in [1.29, 1.82) is 5.26 Å². The Balaban J connectivity index is 1.67. The highest BCUT2D eigenvalue weighted by molar-refractivity contribution is 6.08. The molecule has 4 aromatic rings. The minimum Gasteiger partial charge on any atom is -0.454 e. The van der Waals surface area contributed by atoms with Crippen LogP contribution in [0.2, 0.25) is 0 Å². The van der Waals surface area contributed by atoms with Gasteiger partial charge in [0.15, 0.2) is 5.65 Å². The molecule has 0 spiro atoms. The molecule has 1 N–H and O–H groups in total. The average Bonchev–Trinajstić information content (AvgIpc) is 3.18. The van der Waals surface area contributed by atoms with Gasteiger partial charge >= 0.3 is 0 Å². The minimum atomic E-state index is -0.522. The summed E-state index contributed by atoms with van der Waals surface area (Å²) in [5, 5.41) is 15.6. The normalized spacial score (nSPS) is 10.4. The van der Waals surface area contributed by atoms with Crippen LogP contribution < -0.4 is 10.1 Å². The summed E-state index contributed by atoms with van der Waals surface area (Å²) in [6, 6.07) is 7.49. The van der Waals surface area contributed by atoms with E-state index < -0.39 is 11.7 Å². The highest BCUT2D eigenvalue weighted by Crippen LogP contribution is 2.24. The Morgan fingerprint density at radius 1 is 1.18 bits per heavy atom. The summed E-state index contributed by atoms with van der Waals surface area (Å²) in [5.41, 5.74) is 0.807. The highest BCUT2D eigenvalue weighted by atomic mass is 19.1. The zero-order chi connectivity index (χ0) is 19.5. The molecule has 0 atom stereocenters. The van der Waals surface area contributed by atoms with E-state index in [0.29, 0.717) is 17.0 Å². The van der Waals surface area contributed by atoms with Crippen LogP contribution in [-0.4, -0.2) is 30.5 Å². The van der Waals surface area contributed by atoms with Crippen molar-refractivity contribution in [3.8, 4) is 17.6 Å². The molecule has 4 aromatic heterocycles. The maximum Gasteiger partial charge on any atom is 0.260 e. The molecule has 0 fully saturated rings. The summed E-state index contributed by atoms with van der Waals surface area (Å²) < 4.78 is 20.1. The number of hydrogen-bond donors (Lipinski definition) is 1. The Morgan fingerprint density at radius 2 is 2.07 bits per heavy atom. The standard InChI is InChI=1S/C18H10FN7O2/c19-12-1-2-16(22-7-12)25-18(27)15-4-14(9-26-17(15)23-10-24-26)28-13-3-11(5-20)6-21-8-13/h1-4,6-10H,(H,22,25,27). The predicted molar refractivity (Wildman–Crippen MR) is 94.2 cm³/mol. The van der Waals surface area contributed by atoms with Gasteiger partial charge in [-0.1, -0.05) is 0 Å². The number of nitriles is 1. The molecule has 0 aliphatic carbocycles. The molecule has 0 saturated heterocycles. The third kappa shape index (κ3) is 3.45. The topological polar surface area (TPSA) is 118 Å². The van der Waals surface area contributed by atoms with Gasteiger partial charge in [0.2, 0.25) is 0 Å². The van der Waals surface area contributed by atoms with Gasteiger partial charge in [-0.25, -0.2) is 18.9 Å². The second kappa shape index (κ2) is 7.08. The van der Waals surface area contributed by atoms with Gasteiger partial charge in [0.1, 0.15) is 35.5 Å². The number of anilines is 1. The van der Waals surface area contributed by atoms with Crippen LogP contribution in [0.5, 0.6) is 11.5 Å². The summed E-state index contributed by atoms with van der Waals surface area (Å²) in [4.78, 5) is 24.5. The number of hydrogen-bond acceptors (Lipinski definition) is 7. The van der Waals surface area contributed by atoms with E-state index in [1.54, 1.807) is 0 Å². The number of aromatic nitrogens is 5. The number of ether oxygens (including phenoxy) is 1. The Labute approximate surface area is 157 Å². The zero-order valence-electron chi connectivity index (χ0n) is 14.1. The maximum atomic E-state index is 13.0. The molecule has 0 bridgehead atoms. The predicted octanol–water partition coefficient (Wildman–Crippen LogP) is 2.57. The lowest BCUT2D eigenvalue weighted by atomic mass is 10.2. The van der Waals surface area contributed by atoms with Gasteiger partial charge in [-0.05, 0) is 18.2 Å². The Hall–Kier alpha value is -4.39. The quantitative estimate of drug-likeness (QED) is 0.582. The van der Waals surface area contributed by atoms with Gasteiger partial charge in [-0.2, -0.15) is 10.4 Å². The fraction of sp³-hybridized carbons (Fsp3) is 0. The number of pyridine rings is 3. The molecular formula is C18H10FN7O2. The molecule has 4 rings (SSSR count). The van der Waals surface area contributed by atoms with E-state index in [4.69, 9.17) is 10.00 Å². The van der Waals surface area contributed by atoms with Gasteiger partial charge in [0, 0.05) is 12.3 Å². The molecular weight excluding hydrogens is 365 g/mol. The second-order valence-electron chi connectivity index (χ2n) is 5.56. The van der Waals surface area contributed by atoms with Crippen LogP contribution in [0.15, 0.2) is 55.4 Å². The monoisotopic (exact) mass is 375 g/mol.